The van der Waals surface area contributed by atoms with Crippen molar-refractivity contribution in [2.24, 2.45) is 0 Å². The lowest BCUT2D eigenvalue weighted by molar-refractivity contribution is 0.480. The molecule has 1 unspecified atom stereocenters. The summed E-state index contributed by atoms with van der Waals surface area (Å²) < 4.78 is 59.0. The maximum absolute atomic E-state index is 15.2. The van der Waals surface area contributed by atoms with E-state index in [4.69, 9.17) is 11.6 Å². The van der Waals surface area contributed by atoms with Gasteiger partial charge in [-0.25, -0.2) is 27.5 Å². The summed E-state index contributed by atoms with van der Waals surface area (Å²) in [7, 11) is 0. The maximum atomic E-state index is 15.2. The molecule has 170 valence electrons. The van der Waals surface area contributed by atoms with Crippen LogP contribution in [0.1, 0.15) is 39.8 Å². The Balaban J connectivity index is 1.79. The Morgan fingerprint density at radius 2 is 1.61 bits per heavy atom. The summed E-state index contributed by atoms with van der Waals surface area (Å²) in [4.78, 5) is 13.4. The average molecular weight is 475 g/mol. The molecule has 2 aromatic heterocycles. The number of benzene rings is 2. The topological polar surface area (TPSA) is 44.8 Å². The van der Waals surface area contributed by atoms with E-state index in [1.807, 2.05) is 0 Å². The van der Waals surface area contributed by atoms with Crippen molar-refractivity contribution in [3.05, 3.63) is 86.3 Å². The van der Waals surface area contributed by atoms with Crippen LogP contribution in [0.15, 0.2) is 24.3 Å². The van der Waals surface area contributed by atoms with Gasteiger partial charge in [0.05, 0.1) is 16.4 Å². The van der Waals surface area contributed by atoms with Crippen molar-refractivity contribution in [3.63, 3.8) is 0 Å². The minimum Gasteiger partial charge on any atom is -0.356 e. The van der Waals surface area contributed by atoms with Gasteiger partial charge in [0.25, 0.3) is 0 Å². The van der Waals surface area contributed by atoms with Crippen LogP contribution in [0.3, 0.4) is 0 Å². The van der Waals surface area contributed by atoms with Gasteiger partial charge in [0, 0.05) is 28.7 Å². The van der Waals surface area contributed by atoms with Gasteiger partial charge in [-0.1, -0.05) is 23.7 Å². The second-order valence-corrected chi connectivity index (χ2v) is 8.66. The van der Waals surface area contributed by atoms with Crippen LogP contribution < -0.4 is 4.90 Å². The molecule has 0 radical (unpaired) electrons. The summed E-state index contributed by atoms with van der Waals surface area (Å²) in [6, 6.07) is 5.19. The van der Waals surface area contributed by atoms with Crippen LogP contribution in [0.25, 0.3) is 10.9 Å². The van der Waals surface area contributed by atoms with Crippen LogP contribution >= 0.6 is 11.6 Å². The van der Waals surface area contributed by atoms with Crippen LogP contribution in [0.4, 0.5) is 23.5 Å². The van der Waals surface area contributed by atoms with Gasteiger partial charge in [0.2, 0.25) is 5.95 Å². The van der Waals surface area contributed by atoms with Gasteiger partial charge < -0.3 is 9.88 Å². The number of aromatic nitrogens is 3. The predicted octanol–water partition coefficient (Wildman–Crippen LogP) is 6.25. The third kappa shape index (κ3) is 3.27. The first-order valence-corrected chi connectivity index (χ1v) is 10.8. The number of nitrogens with one attached hydrogen (secondary N) is 1. The molecular weight excluding hydrogens is 456 g/mol. The SMILES string of the molecule is Cc1ccc(C2c3[nH]c4ccc(Cl)c(F)c4c3CCN2c2nc(C)c(F)c(C)n2)c(F)c1F. The summed E-state index contributed by atoms with van der Waals surface area (Å²) in [5.74, 6) is -2.88. The van der Waals surface area contributed by atoms with Gasteiger partial charge in [0.1, 0.15) is 6.04 Å². The van der Waals surface area contributed by atoms with E-state index in [0.717, 1.165) is 0 Å². The quantitative estimate of drug-likeness (QED) is 0.349. The second kappa shape index (κ2) is 7.73. The fourth-order valence-corrected chi connectivity index (χ4v) is 4.70. The van der Waals surface area contributed by atoms with E-state index in [0.29, 0.717) is 28.6 Å². The number of aryl methyl sites for hydroxylation is 3. The highest BCUT2D eigenvalue weighted by atomic mass is 35.5. The highest BCUT2D eigenvalue weighted by Crippen LogP contribution is 2.42. The Morgan fingerprint density at radius 1 is 0.909 bits per heavy atom. The van der Waals surface area contributed by atoms with Crippen LogP contribution in [-0.2, 0) is 6.42 Å². The number of anilines is 1. The zero-order chi connectivity index (χ0) is 23.6. The minimum atomic E-state index is -1.01. The van der Waals surface area contributed by atoms with Gasteiger partial charge in [0.15, 0.2) is 23.3 Å². The van der Waals surface area contributed by atoms with Gasteiger partial charge in [-0.3, -0.25) is 0 Å². The lowest BCUT2D eigenvalue weighted by atomic mass is 9.91. The van der Waals surface area contributed by atoms with Crippen molar-refractivity contribution in [1.82, 2.24) is 15.0 Å². The summed E-state index contributed by atoms with van der Waals surface area (Å²) in [5.41, 5.74) is 2.11. The molecule has 0 saturated carbocycles. The van der Waals surface area contributed by atoms with E-state index in [2.05, 4.69) is 15.0 Å². The fourth-order valence-electron chi connectivity index (χ4n) is 4.54. The number of fused-ring (bicyclic) bond motifs is 3. The van der Waals surface area contributed by atoms with Crippen molar-refractivity contribution < 1.29 is 17.6 Å². The molecule has 1 aliphatic heterocycles. The Kier molecular flexibility index (Phi) is 5.08. The molecule has 0 amide bonds. The monoisotopic (exact) mass is 474 g/mol. The molecule has 1 N–H and O–H groups in total. The van der Waals surface area contributed by atoms with E-state index in [-0.39, 0.29) is 40.0 Å². The Labute approximate surface area is 192 Å². The summed E-state index contributed by atoms with van der Waals surface area (Å²) in [6.07, 6.45) is 0.373. The maximum Gasteiger partial charge on any atom is 0.226 e. The summed E-state index contributed by atoms with van der Waals surface area (Å²) in [6.45, 7) is 4.78. The molecule has 1 atom stereocenters. The number of nitrogens with zero attached hydrogens (tertiary/aromatic N) is 3. The highest BCUT2D eigenvalue weighted by Gasteiger charge is 2.37. The van der Waals surface area contributed by atoms with E-state index in [1.165, 1.54) is 39.0 Å². The molecule has 4 nitrogen and oxygen atoms in total. The van der Waals surface area contributed by atoms with E-state index in [1.54, 1.807) is 11.0 Å². The molecule has 0 saturated heterocycles. The normalized spacial score (nSPS) is 15.9. The van der Waals surface area contributed by atoms with Crippen LogP contribution in [0.5, 0.6) is 0 Å². The Bertz CT molecular complexity index is 1410. The fraction of sp³-hybridized carbons (Fsp3) is 0.250. The van der Waals surface area contributed by atoms with E-state index < -0.39 is 29.3 Å². The number of hydrogen-bond donors (Lipinski definition) is 1. The number of rotatable bonds is 2. The van der Waals surface area contributed by atoms with Crippen molar-refractivity contribution in [1.29, 1.82) is 0 Å². The number of aromatic amines is 1. The molecule has 2 aromatic carbocycles. The molecule has 0 fully saturated rings. The van der Waals surface area contributed by atoms with Gasteiger partial charge in [-0.05, 0) is 50.5 Å². The molecule has 0 spiro atoms. The van der Waals surface area contributed by atoms with Gasteiger partial charge in [-0.2, -0.15) is 0 Å². The lowest BCUT2D eigenvalue weighted by Crippen LogP contribution is -2.38. The zero-order valence-corrected chi connectivity index (χ0v) is 18.8. The highest BCUT2D eigenvalue weighted by molar-refractivity contribution is 6.31. The second-order valence-electron chi connectivity index (χ2n) is 8.26. The summed E-state index contributed by atoms with van der Waals surface area (Å²) in [5, 5.41) is 0.298. The third-order valence-electron chi connectivity index (χ3n) is 6.21. The Morgan fingerprint density at radius 3 is 2.30 bits per heavy atom. The molecule has 0 aliphatic carbocycles. The lowest BCUT2D eigenvalue weighted by Gasteiger charge is -2.36. The van der Waals surface area contributed by atoms with E-state index in [9.17, 15) is 13.2 Å². The molecule has 5 rings (SSSR count). The van der Waals surface area contributed by atoms with Crippen molar-refractivity contribution >= 4 is 28.5 Å². The summed E-state index contributed by atoms with van der Waals surface area (Å²) >= 11 is 6.01. The van der Waals surface area contributed by atoms with Crippen LogP contribution in [0.2, 0.25) is 5.02 Å². The molecule has 4 aromatic rings. The van der Waals surface area contributed by atoms with Crippen molar-refractivity contribution in [2.75, 3.05) is 11.4 Å². The molecule has 3 heterocycles. The molecular formula is C24H19ClF4N4. The average Bonchev–Trinajstić information content (AvgIpc) is 3.17. The third-order valence-corrected chi connectivity index (χ3v) is 6.50. The minimum absolute atomic E-state index is 0.0241. The van der Waals surface area contributed by atoms with Crippen molar-refractivity contribution in [2.45, 2.75) is 33.2 Å². The smallest absolute Gasteiger partial charge is 0.226 e. The largest absolute Gasteiger partial charge is 0.356 e. The van der Waals surface area contributed by atoms with Crippen molar-refractivity contribution in [3.8, 4) is 0 Å². The predicted molar refractivity (Wildman–Crippen MR) is 119 cm³/mol. The number of halogens is 5. The standard InChI is InChI=1S/C24H19ClF4N4/c1-10-4-5-14(20(28)18(10)26)23-22-13(17-16(32-22)7-6-15(25)21(17)29)8-9-33(23)24-30-11(2)19(27)12(3)31-24/h4-7,23,32H,8-9H2,1-3H3. The number of H-pyrrole nitrogens is 1. The van der Waals surface area contributed by atoms with Crippen LogP contribution in [-0.4, -0.2) is 21.5 Å². The Hall–Kier alpha value is -3.13. The zero-order valence-electron chi connectivity index (χ0n) is 18.0. The molecule has 1 aliphatic rings. The molecule has 0 bridgehead atoms. The van der Waals surface area contributed by atoms with Crippen LogP contribution in [0, 0.1) is 44.0 Å². The molecule has 9 heteroatoms. The molecule has 33 heavy (non-hydrogen) atoms. The van der Waals surface area contributed by atoms with E-state index >= 15 is 4.39 Å². The van der Waals surface area contributed by atoms with Gasteiger partial charge in [-0.15, -0.1) is 0 Å². The first-order valence-electron chi connectivity index (χ1n) is 10.4. The number of hydrogen-bond acceptors (Lipinski definition) is 3. The first kappa shape index (κ1) is 21.7. The van der Waals surface area contributed by atoms with Gasteiger partial charge >= 0.3 is 0 Å². The first-order chi connectivity index (χ1) is 15.7.